The molecule has 0 bridgehead atoms. The normalized spacial score (nSPS) is 27.2. The van der Waals surface area contributed by atoms with Crippen molar-refractivity contribution in [3.05, 3.63) is 0 Å². The van der Waals surface area contributed by atoms with Crippen molar-refractivity contribution in [3.8, 4) is 0 Å². The Hall–Kier alpha value is -1.01. The fourth-order valence-electron chi connectivity index (χ4n) is 9.00. The third kappa shape index (κ3) is 24.8. The zero-order valence-corrected chi connectivity index (χ0v) is 40.3. The average Bonchev–Trinajstić information content (AvgIpc) is 3.29. The van der Waals surface area contributed by atoms with E-state index in [1.807, 2.05) is 0 Å². The lowest BCUT2D eigenvalue weighted by atomic mass is 9.97. The number of hydrogen-bond acceptors (Lipinski definition) is 13. The van der Waals surface area contributed by atoms with Crippen molar-refractivity contribution >= 4 is 5.91 Å². The van der Waals surface area contributed by atoms with Gasteiger partial charge in [-0.2, -0.15) is 0 Å². The molecule has 380 valence electrons. The highest BCUT2D eigenvalue weighted by Gasteiger charge is 2.51. The summed E-state index contributed by atoms with van der Waals surface area (Å²) in [5.74, 6) is -0.204. The van der Waals surface area contributed by atoms with E-state index >= 15 is 0 Å². The van der Waals surface area contributed by atoms with Crippen molar-refractivity contribution in [1.82, 2.24) is 5.32 Å². The van der Waals surface area contributed by atoms with Crippen LogP contribution < -0.4 is 5.32 Å². The zero-order valence-electron chi connectivity index (χ0n) is 40.3. The van der Waals surface area contributed by atoms with Gasteiger partial charge < -0.3 is 65.1 Å². The van der Waals surface area contributed by atoms with Crippen molar-refractivity contribution in [1.29, 1.82) is 0 Å². The minimum Gasteiger partial charge on any atom is -0.394 e. The van der Waals surface area contributed by atoms with Gasteiger partial charge in [-0.05, 0) is 12.8 Å². The molecule has 0 aromatic rings. The lowest BCUT2D eigenvalue weighted by molar-refractivity contribution is -0.359. The molecule has 2 aliphatic heterocycles. The van der Waals surface area contributed by atoms with Crippen LogP contribution in [0.2, 0.25) is 0 Å². The number of hydrogen-bond donors (Lipinski definition) is 9. The fraction of sp³-hybridized carbons (Fsp3) is 0.980. The lowest BCUT2D eigenvalue weighted by Crippen LogP contribution is -2.65. The van der Waals surface area contributed by atoms with Gasteiger partial charge in [0.15, 0.2) is 12.6 Å². The van der Waals surface area contributed by atoms with Crippen molar-refractivity contribution < 1.29 is 64.6 Å². The molecule has 2 rings (SSSR count). The van der Waals surface area contributed by atoms with Gasteiger partial charge in [0.1, 0.15) is 48.8 Å². The first-order valence-electron chi connectivity index (χ1n) is 26.3. The summed E-state index contributed by atoms with van der Waals surface area (Å²) in [7, 11) is 0. The summed E-state index contributed by atoms with van der Waals surface area (Å²) < 4.78 is 22.7. The van der Waals surface area contributed by atoms with E-state index in [2.05, 4.69) is 19.2 Å². The Morgan fingerprint density at radius 1 is 0.500 bits per heavy atom. The molecule has 64 heavy (non-hydrogen) atoms. The van der Waals surface area contributed by atoms with E-state index in [1.54, 1.807) is 0 Å². The van der Waals surface area contributed by atoms with E-state index in [1.165, 1.54) is 141 Å². The first kappa shape index (κ1) is 59.1. The number of carbonyl (C=O) groups excluding carboxylic acids is 1. The first-order chi connectivity index (χ1) is 31.1. The van der Waals surface area contributed by atoms with Gasteiger partial charge in [-0.1, -0.05) is 200 Å². The standard InChI is InChI=1S/C50H97NO13/c1-3-5-7-9-11-13-15-16-17-18-19-20-21-22-24-26-28-30-32-34-42(55)51-38(39(54)33-31-29-27-25-23-14-12-10-8-6-4-2)37-61-49-47(60)45(58)48(41(36-53)63-49)64-50-46(59)44(57)43(56)40(35-52)62-50/h38-41,43-50,52-54,56-60H,3-37H2,1-2H3,(H,51,55). The number of rotatable bonds is 41. The number of carbonyl (C=O) groups is 1. The Morgan fingerprint density at radius 2 is 0.891 bits per heavy atom. The van der Waals surface area contributed by atoms with E-state index in [4.69, 9.17) is 18.9 Å². The van der Waals surface area contributed by atoms with Gasteiger partial charge in [-0.25, -0.2) is 0 Å². The second kappa shape index (κ2) is 37.9. The fourth-order valence-corrected chi connectivity index (χ4v) is 9.00. The van der Waals surface area contributed by atoms with Crippen molar-refractivity contribution in [2.75, 3.05) is 19.8 Å². The predicted molar refractivity (Wildman–Crippen MR) is 249 cm³/mol. The van der Waals surface area contributed by atoms with E-state index in [-0.39, 0.29) is 12.5 Å². The second-order valence-corrected chi connectivity index (χ2v) is 19.0. The summed E-state index contributed by atoms with van der Waals surface area (Å²) in [6.45, 7) is 2.85. The average molecular weight is 920 g/mol. The van der Waals surface area contributed by atoms with Gasteiger partial charge in [-0.3, -0.25) is 4.79 Å². The lowest BCUT2D eigenvalue weighted by Gasteiger charge is -2.46. The molecule has 0 aromatic heterocycles. The van der Waals surface area contributed by atoms with Crippen LogP contribution in [0.4, 0.5) is 0 Å². The molecule has 14 nitrogen and oxygen atoms in total. The number of unbranched alkanes of at least 4 members (excludes halogenated alkanes) is 28. The smallest absolute Gasteiger partial charge is 0.220 e. The molecule has 2 saturated heterocycles. The minimum absolute atomic E-state index is 0.204. The van der Waals surface area contributed by atoms with Gasteiger partial charge in [0, 0.05) is 6.42 Å². The molecule has 2 fully saturated rings. The SMILES string of the molecule is CCCCCCCCCCCCCCCCCCCCCC(=O)NC(COC1OC(CO)C(OC2OC(CO)C(O)C(O)C2O)C(O)C1O)C(O)CCCCCCCCCCCCC. The minimum atomic E-state index is -1.78. The van der Waals surface area contributed by atoms with Gasteiger partial charge in [0.05, 0.1) is 32.0 Å². The Labute approximate surface area is 387 Å². The Kier molecular flexibility index (Phi) is 35.0. The number of amides is 1. The zero-order chi connectivity index (χ0) is 46.8. The summed E-state index contributed by atoms with van der Waals surface area (Å²) in [4.78, 5) is 13.2. The summed E-state index contributed by atoms with van der Waals surface area (Å²) in [5, 5.41) is 86.8. The van der Waals surface area contributed by atoms with Crippen molar-refractivity contribution in [3.63, 3.8) is 0 Å². The molecule has 14 heteroatoms. The van der Waals surface area contributed by atoms with Crippen LogP contribution in [-0.4, -0.2) is 140 Å². The number of nitrogens with one attached hydrogen (secondary N) is 1. The molecular formula is C50H97NO13. The van der Waals surface area contributed by atoms with E-state index in [9.17, 15) is 45.6 Å². The molecule has 12 atom stereocenters. The quantitative estimate of drug-likeness (QED) is 0.0282. The number of aliphatic hydroxyl groups is 8. The monoisotopic (exact) mass is 920 g/mol. The Morgan fingerprint density at radius 3 is 1.33 bits per heavy atom. The molecule has 1 amide bonds. The molecule has 2 aliphatic rings. The molecule has 0 saturated carbocycles. The van der Waals surface area contributed by atoms with Crippen LogP contribution in [0.5, 0.6) is 0 Å². The Balaban J connectivity index is 1.78. The molecule has 0 spiro atoms. The molecule has 12 unspecified atom stereocenters. The first-order valence-corrected chi connectivity index (χ1v) is 26.3. The number of ether oxygens (including phenoxy) is 4. The summed E-state index contributed by atoms with van der Waals surface area (Å²) >= 11 is 0. The maximum Gasteiger partial charge on any atom is 0.220 e. The molecule has 9 N–H and O–H groups in total. The third-order valence-electron chi connectivity index (χ3n) is 13.3. The highest BCUT2D eigenvalue weighted by Crippen LogP contribution is 2.30. The van der Waals surface area contributed by atoms with Gasteiger partial charge >= 0.3 is 0 Å². The summed E-state index contributed by atoms with van der Waals surface area (Å²) in [5.41, 5.74) is 0. The molecule has 0 aliphatic carbocycles. The molecule has 0 radical (unpaired) electrons. The van der Waals surface area contributed by atoms with Crippen LogP contribution in [0.1, 0.15) is 219 Å². The summed E-state index contributed by atoms with van der Waals surface area (Å²) in [6.07, 6.45) is 21.1. The van der Waals surface area contributed by atoms with Crippen molar-refractivity contribution in [2.45, 2.75) is 293 Å². The van der Waals surface area contributed by atoms with Crippen LogP contribution in [-0.2, 0) is 23.7 Å². The number of aliphatic hydroxyl groups excluding tert-OH is 8. The maximum atomic E-state index is 13.2. The van der Waals surface area contributed by atoms with E-state index in [0.717, 1.165) is 51.4 Å². The largest absolute Gasteiger partial charge is 0.394 e. The third-order valence-corrected chi connectivity index (χ3v) is 13.3. The highest BCUT2D eigenvalue weighted by molar-refractivity contribution is 5.76. The summed E-state index contributed by atoms with van der Waals surface area (Å²) in [6, 6.07) is -0.820. The van der Waals surface area contributed by atoms with Crippen LogP contribution in [0.3, 0.4) is 0 Å². The predicted octanol–water partition coefficient (Wildman–Crippen LogP) is 7.00. The van der Waals surface area contributed by atoms with Crippen LogP contribution >= 0.6 is 0 Å². The molecule has 2 heterocycles. The van der Waals surface area contributed by atoms with Crippen molar-refractivity contribution in [2.24, 2.45) is 0 Å². The second-order valence-electron chi connectivity index (χ2n) is 19.0. The van der Waals surface area contributed by atoms with Crippen LogP contribution in [0.25, 0.3) is 0 Å². The molecule has 0 aromatic carbocycles. The van der Waals surface area contributed by atoms with E-state index in [0.29, 0.717) is 12.8 Å². The van der Waals surface area contributed by atoms with Crippen LogP contribution in [0, 0.1) is 0 Å². The Bertz CT molecular complexity index is 1090. The van der Waals surface area contributed by atoms with Gasteiger partial charge in [0.2, 0.25) is 5.91 Å². The van der Waals surface area contributed by atoms with E-state index < -0.39 is 86.8 Å². The molecular weight excluding hydrogens is 823 g/mol. The maximum absolute atomic E-state index is 13.2. The van der Waals surface area contributed by atoms with Crippen LogP contribution in [0.15, 0.2) is 0 Å². The topological polar surface area (TPSA) is 228 Å². The highest BCUT2D eigenvalue weighted by atomic mass is 16.7. The van der Waals surface area contributed by atoms with Gasteiger partial charge in [0.25, 0.3) is 0 Å². The van der Waals surface area contributed by atoms with Gasteiger partial charge in [-0.15, -0.1) is 0 Å².